The monoisotopic (exact) mass is 304 g/mol. The van der Waals surface area contributed by atoms with Crippen LogP contribution in [-0.2, 0) is 11.3 Å². The average molecular weight is 305 g/mol. The van der Waals surface area contributed by atoms with Gasteiger partial charge in [-0.05, 0) is 18.2 Å². The summed E-state index contributed by atoms with van der Waals surface area (Å²) in [6.07, 6.45) is 3.21. The van der Waals surface area contributed by atoms with Crippen molar-refractivity contribution >= 4 is 23.2 Å². The minimum Gasteiger partial charge on any atom is -0.395 e. The molecule has 0 aliphatic heterocycles. The lowest BCUT2D eigenvalue weighted by Crippen LogP contribution is -2.19. The standard InChI is InChI=1S/C14H13ClN4O2/c15-12-5-4-11(3-1-2-6-20)7-13(12)18-14(21)8-19-10-16-9-17-19/h4-5,7,9-10,20H,2,6,8H2,(H,18,21). The molecule has 0 spiro atoms. The number of nitrogens with one attached hydrogen (secondary N) is 1. The Hall–Kier alpha value is -2.36. The fourth-order valence-electron chi connectivity index (χ4n) is 1.57. The first-order chi connectivity index (χ1) is 10.2. The van der Waals surface area contributed by atoms with E-state index in [4.69, 9.17) is 16.7 Å². The van der Waals surface area contributed by atoms with Crippen molar-refractivity contribution < 1.29 is 9.90 Å². The molecule has 0 aliphatic carbocycles. The second kappa shape index (κ2) is 7.43. The van der Waals surface area contributed by atoms with Gasteiger partial charge in [0.05, 0.1) is 17.3 Å². The molecule has 0 atom stereocenters. The normalized spacial score (nSPS) is 9.81. The van der Waals surface area contributed by atoms with Gasteiger partial charge in [0.25, 0.3) is 0 Å². The fraction of sp³-hybridized carbons (Fsp3) is 0.214. The molecule has 0 unspecified atom stereocenters. The number of amides is 1. The Bertz CT molecular complexity index is 674. The summed E-state index contributed by atoms with van der Waals surface area (Å²) in [5, 5.41) is 15.7. The molecule has 1 aromatic carbocycles. The molecule has 1 aromatic heterocycles. The van der Waals surface area contributed by atoms with Crippen LogP contribution in [0, 0.1) is 11.8 Å². The number of carbonyl (C=O) groups is 1. The van der Waals surface area contributed by atoms with Crippen LogP contribution in [-0.4, -0.2) is 32.4 Å². The molecule has 1 heterocycles. The van der Waals surface area contributed by atoms with Crippen LogP contribution >= 0.6 is 11.6 Å². The third-order valence-electron chi connectivity index (χ3n) is 2.48. The van der Waals surface area contributed by atoms with Gasteiger partial charge in [0.2, 0.25) is 5.91 Å². The molecule has 108 valence electrons. The van der Waals surface area contributed by atoms with Crippen LogP contribution in [0.5, 0.6) is 0 Å². The molecule has 7 heteroatoms. The van der Waals surface area contributed by atoms with E-state index in [1.54, 1.807) is 18.2 Å². The molecule has 21 heavy (non-hydrogen) atoms. The highest BCUT2D eigenvalue weighted by Gasteiger charge is 2.07. The summed E-state index contributed by atoms with van der Waals surface area (Å²) in [6.45, 7) is 0.0683. The van der Waals surface area contributed by atoms with Crippen LogP contribution in [0.2, 0.25) is 5.02 Å². The first kappa shape index (κ1) is 15.0. The summed E-state index contributed by atoms with van der Waals surface area (Å²) in [7, 11) is 0. The van der Waals surface area contributed by atoms with E-state index in [0.717, 1.165) is 0 Å². The van der Waals surface area contributed by atoms with Crippen LogP contribution in [0.4, 0.5) is 5.69 Å². The number of anilines is 1. The molecule has 2 rings (SSSR count). The first-order valence-electron chi connectivity index (χ1n) is 6.20. The quantitative estimate of drug-likeness (QED) is 0.835. The molecule has 1 amide bonds. The van der Waals surface area contributed by atoms with E-state index in [2.05, 4.69) is 27.2 Å². The number of carbonyl (C=O) groups excluding carboxylic acids is 1. The highest BCUT2D eigenvalue weighted by Crippen LogP contribution is 2.22. The molecule has 0 saturated carbocycles. The van der Waals surface area contributed by atoms with E-state index in [1.807, 2.05) is 0 Å². The van der Waals surface area contributed by atoms with E-state index >= 15 is 0 Å². The molecule has 0 aliphatic rings. The Morgan fingerprint density at radius 1 is 1.48 bits per heavy atom. The molecule has 0 bridgehead atoms. The van der Waals surface area contributed by atoms with E-state index in [9.17, 15) is 4.79 Å². The Kier molecular flexibility index (Phi) is 5.32. The third-order valence-corrected chi connectivity index (χ3v) is 2.81. The molecule has 0 saturated heterocycles. The highest BCUT2D eigenvalue weighted by molar-refractivity contribution is 6.33. The van der Waals surface area contributed by atoms with Crippen molar-refractivity contribution in [2.24, 2.45) is 0 Å². The van der Waals surface area contributed by atoms with Crippen molar-refractivity contribution in [1.29, 1.82) is 0 Å². The minimum absolute atomic E-state index is 0.0160. The average Bonchev–Trinajstić information content (AvgIpc) is 2.95. The van der Waals surface area contributed by atoms with Crippen LogP contribution < -0.4 is 5.32 Å². The largest absolute Gasteiger partial charge is 0.395 e. The van der Waals surface area contributed by atoms with Crippen molar-refractivity contribution in [3.8, 4) is 11.8 Å². The lowest BCUT2D eigenvalue weighted by atomic mass is 10.2. The number of hydrogen-bond acceptors (Lipinski definition) is 4. The van der Waals surface area contributed by atoms with E-state index < -0.39 is 0 Å². The summed E-state index contributed by atoms with van der Waals surface area (Å²) in [4.78, 5) is 15.6. The maximum atomic E-state index is 11.9. The van der Waals surface area contributed by atoms with Crippen molar-refractivity contribution in [2.45, 2.75) is 13.0 Å². The molecule has 2 N–H and O–H groups in total. The smallest absolute Gasteiger partial charge is 0.246 e. The predicted octanol–water partition coefficient (Wildman–Crippen LogP) is 1.30. The van der Waals surface area contributed by atoms with Crippen molar-refractivity contribution in [3.63, 3.8) is 0 Å². The minimum atomic E-state index is -0.261. The SMILES string of the molecule is O=C(Cn1cncn1)Nc1cc(C#CCCO)ccc1Cl. The van der Waals surface area contributed by atoms with Crippen molar-refractivity contribution in [2.75, 3.05) is 11.9 Å². The molecule has 6 nitrogen and oxygen atoms in total. The van der Waals surface area contributed by atoms with Crippen molar-refractivity contribution in [3.05, 3.63) is 41.4 Å². The number of aliphatic hydroxyl groups excluding tert-OH is 1. The van der Waals surface area contributed by atoms with Crippen molar-refractivity contribution in [1.82, 2.24) is 14.8 Å². The lowest BCUT2D eigenvalue weighted by Gasteiger charge is -2.07. The van der Waals surface area contributed by atoms with Crippen LogP contribution in [0.25, 0.3) is 0 Å². The summed E-state index contributed by atoms with van der Waals surface area (Å²) >= 11 is 6.05. The highest BCUT2D eigenvalue weighted by atomic mass is 35.5. The van der Waals surface area contributed by atoms with Gasteiger partial charge in [-0.3, -0.25) is 4.79 Å². The summed E-state index contributed by atoms with van der Waals surface area (Å²) < 4.78 is 1.41. The zero-order valence-electron chi connectivity index (χ0n) is 11.1. The Morgan fingerprint density at radius 3 is 3.05 bits per heavy atom. The van der Waals surface area contributed by atoms with Gasteiger partial charge in [0, 0.05) is 12.0 Å². The zero-order valence-corrected chi connectivity index (χ0v) is 11.8. The predicted molar refractivity (Wildman–Crippen MR) is 78.7 cm³/mol. The Morgan fingerprint density at radius 2 is 2.33 bits per heavy atom. The number of hydrogen-bond donors (Lipinski definition) is 2. The number of nitrogens with zero attached hydrogens (tertiary/aromatic N) is 3. The van der Waals surface area contributed by atoms with Gasteiger partial charge in [0.1, 0.15) is 19.2 Å². The zero-order chi connectivity index (χ0) is 15.1. The van der Waals surface area contributed by atoms with Gasteiger partial charge < -0.3 is 10.4 Å². The number of rotatable bonds is 4. The van der Waals surface area contributed by atoms with Gasteiger partial charge in [-0.2, -0.15) is 5.10 Å². The maximum absolute atomic E-state index is 11.9. The summed E-state index contributed by atoms with van der Waals surface area (Å²) in [5.41, 5.74) is 1.20. The lowest BCUT2D eigenvalue weighted by molar-refractivity contribution is -0.116. The molecule has 2 aromatic rings. The van der Waals surface area contributed by atoms with Crippen LogP contribution in [0.1, 0.15) is 12.0 Å². The van der Waals surface area contributed by atoms with Gasteiger partial charge >= 0.3 is 0 Å². The molecular formula is C14H13ClN4O2. The van der Waals surface area contributed by atoms with Gasteiger partial charge in [-0.15, -0.1) is 0 Å². The Balaban J connectivity index is 2.06. The van der Waals surface area contributed by atoms with Gasteiger partial charge in [-0.1, -0.05) is 23.4 Å². The number of aromatic nitrogens is 3. The molecule has 0 fully saturated rings. The van der Waals surface area contributed by atoms with E-state index in [-0.39, 0.29) is 19.1 Å². The fourth-order valence-corrected chi connectivity index (χ4v) is 1.74. The topological polar surface area (TPSA) is 80.0 Å². The molecular weight excluding hydrogens is 292 g/mol. The number of benzene rings is 1. The number of halogens is 1. The second-order valence-corrected chi connectivity index (χ2v) is 4.52. The van der Waals surface area contributed by atoms with Crippen LogP contribution in [0.15, 0.2) is 30.9 Å². The van der Waals surface area contributed by atoms with E-state index in [0.29, 0.717) is 22.7 Å². The molecule has 0 radical (unpaired) electrons. The third kappa shape index (κ3) is 4.60. The van der Waals surface area contributed by atoms with Gasteiger partial charge in [-0.25, -0.2) is 9.67 Å². The summed E-state index contributed by atoms with van der Waals surface area (Å²) in [5.74, 6) is 5.43. The van der Waals surface area contributed by atoms with Crippen LogP contribution in [0.3, 0.4) is 0 Å². The summed E-state index contributed by atoms with van der Waals surface area (Å²) in [6, 6.07) is 5.10. The van der Waals surface area contributed by atoms with Gasteiger partial charge in [0.15, 0.2) is 0 Å². The number of aliphatic hydroxyl groups is 1. The maximum Gasteiger partial charge on any atom is 0.246 e. The van der Waals surface area contributed by atoms with E-state index in [1.165, 1.54) is 17.3 Å². The first-order valence-corrected chi connectivity index (χ1v) is 6.58. The Labute approximate surface area is 126 Å². The second-order valence-electron chi connectivity index (χ2n) is 4.11.